The van der Waals surface area contributed by atoms with Gasteiger partial charge >= 0.3 is 160 Å². The number of carbonyl (C=O) groups excluding carboxylic acids is 1. The van der Waals surface area contributed by atoms with E-state index in [4.69, 9.17) is 0 Å². The predicted molar refractivity (Wildman–Crippen MR) is 105 cm³/mol. The van der Waals surface area contributed by atoms with Crippen molar-refractivity contribution >= 4 is 18.0 Å². The zero-order valence-corrected chi connectivity index (χ0v) is 22.4. The maximum Gasteiger partial charge on any atom is -1.00 e. The van der Waals surface area contributed by atoms with Gasteiger partial charge in [0, 0.05) is 0 Å². The summed E-state index contributed by atoms with van der Waals surface area (Å²) in [7, 11) is 0. The molecule has 0 bridgehead atoms. The molecule has 0 saturated heterocycles. The Labute approximate surface area is 184 Å². The van der Waals surface area contributed by atoms with Gasteiger partial charge in [0.05, 0.1) is 0 Å². The largest absolute Gasteiger partial charge is 1.00 e. The van der Waals surface area contributed by atoms with Crippen molar-refractivity contribution in [1.29, 1.82) is 0 Å². The molecular formula is C21H26Cl2HfNOSi. The van der Waals surface area contributed by atoms with Crippen molar-refractivity contribution in [2.24, 2.45) is 0 Å². The molecule has 0 fully saturated rings. The quantitative estimate of drug-likeness (QED) is 0.441. The minimum Gasteiger partial charge on any atom is -1.00 e. The first kappa shape index (κ1) is 24.4. The summed E-state index contributed by atoms with van der Waals surface area (Å²) in [6, 6.07) is 16.7. The molecule has 0 radical (unpaired) electrons. The molecule has 2 aromatic carbocycles. The number of allylic oxidation sites excluding steroid dienone is 1. The van der Waals surface area contributed by atoms with Crippen LogP contribution in [0, 0.1) is 0 Å². The number of benzene rings is 2. The Morgan fingerprint density at radius 3 is 2.33 bits per heavy atom. The van der Waals surface area contributed by atoms with E-state index in [2.05, 4.69) is 72.7 Å². The average molecular weight is 586 g/mol. The Kier molecular flexibility index (Phi) is 9.70. The van der Waals surface area contributed by atoms with Crippen molar-refractivity contribution in [3.8, 4) is 0 Å². The number of amides is 1. The summed E-state index contributed by atoms with van der Waals surface area (Å²) in [6.45, 7) is 9.12. The van der Waals surface area contributed by atoms with E-state index in [1.54, 1.807) is 0 Å². The monoisotopic (exact) mass is 586 g/mol. The summed E-state index contributed by atoms with van der Waals surface area (Å²) >= 11 is -2.30. The summed E-state index contributed by atoms with van der Waals surface area (Å²) in [5.74, 6) is -0.369. The number of rotatable bonds is 5. The van der Waals surface area contributed by atoms with Crippen LogP contribution in [0.1, 0.15) is 50.5 Å². The molecule has 3 rings (SSSR count). The van der Waals surface area contributed by atoms with Crippen LogP contribution < -0.4 is 28.1 Å². The Hall–Kier alpha value is -0.683. The van der Waals surface area contributed by atoms with Crippen molar-refractivity contribution in [2.75, 3.05) is 0 Å². The summed E-state index contributed by atoms with van der Waals surface area (Å²) in [6.07, 6.45) is 4.60. The van der Waals surface area contributed by atoms with Crippen molar-refractivity contribution in [3.05, 3.63) is 76.9 Å². The number of nitrogens with one attached hydrogen (secondary N) is 1. The maximum atomic E-state index is 13.1. The zero-order valence-electron chi connectivity index (χ0n) is 16.2. The fraction of sp³-hybridized carbons (Fsp3) is 0.286. The molecule has 1 N–H and O–H groups in total. The van der Waals surface area contributed by atoms with Gasteiger partial charge in [-0.1, -0.05) is 0 Å². The summed E-state index contributed by atoms with van der Waals surface area (Å²) < 4.78 is 4.10. The predicted octanol–water partition coefficient (Wildman–Crippen LogP) is -1.17. The standard InChI is InChI=1S/C10H13NO.C9H7.C2H7Si.2ClH.Hf/c1-7(2)8-5-3-4-6-9(8)10(11)12;1-2-5-9-7-3-6-8(9)4-1;1-3-2;;;/h3-7H,1-2H3,(H2,11,12);1-7H;3H,1-2H3;2*1H;/q;;;;;+3/p-3. The molecule has 1 unspecified atom stereocenters. The van der Waals surface area contributed by atoms with Gasteiger partial charge in [-0.15, -0.1) is 0 Å². The number of carbonyl (C=O) groups is 1. The van der Waals surface area contributed by atoms with Crippen LogP contribution in [0.5, 0.6) is 0 Å². The molecule has 0 spiro atoms. The summed E-state index contributed by atoms with van der Waals surface area (Å²) in [5.41, 5.74) is 4.79. The van der Waals surface area contributed by atoms with Crippen molar-refractivity contribution in [2.45, 2.75) is 36.5 Å². The third-order valence-corrected chi connectivity index (χ3v) is 29.7. The van der Waals surface area contributed by atoms with Gasteiger partial charge in [-0.2, -0.15) is 0 Å². The first-order valence-corrected chi connectivity index (χ1v) is 22.0. The fourth-order valence-corrected chi connectivity index (χ4v) is 24.0. The first-order chi connectivity index (χ1) is 12.0. The Bertz CT molecular complexity index is 810. The molecule has 27 heavy (non-hydrogen) atoms. The average Bonchev–Trinajstić information content (AvgIpc) is 3.03. The summed E-state index contributed by atoms with van der Waals surface area (Å²) in [4.78, 5) is 13.1. The van der Waals surface area contributed by atoms with Crippen LogP contribution in [0.4, 0.5) is 0 Å². The summed E-state index contributed by atoms with van der Waals surface area (Å²) in [5, 5.41) is 0. The molecule has 2 aromatic rings. The van der Waals surface area contributed by atoms with E-state index in [9.17, 15) is 4.79 Å². The van der Waals surface area contributed by atoms with E-state index in [0.717, 1.165) is 11.1 Å². The molecule has 6 heteroatoms. The SMILES string of the molecule is CC(C)c1ccccc1C(=O)[NH][Hf+2]([CH]1C=Cc2ccccc21)[SiH](C)C.[Cl-].[Cl-]. The molecule has 0 heterocycles. The third kappa shape index (κ3) is 5.44. The minimum atomic E-state index is -2.30. The van der Waals surface area contributed by atoms with Gasteiger partial charge in [0.15, 0.2) is 0 Å². The van der Waals surface area contributed by atoms with Crippen LogP contribution in [0.25, 0.3) is 6.08 Å². The van der Waals surface area contributed by atoms with Crippen molar-refractivity contribution in [3.63, 3.8) is 0 Å². The molecule has 1 atom stereocenters. The van der Waals surface area contributed by atoms with Gasteiger partial charge in [-0.25, -0.2) is 0 Å². The first-order valence-electron chi connectivity index (χ1n) is 9.03. The normalized spacial score (nSPS) is 14.4. The van der Waals surface area contributed by atoms with E-state index >= 15 is 0 Å². The van der Waals surface area contributed by atoms with Gasteiger partial charge in [0.25, 0.3) is 0 Å². The molecule has 0 aliphatic heterocycles. The maximum absolute atomic E-state index is 13.1. The fourth-order valence-electron chi connectivity index (χ4n) is 3.51. The van der Waals surface area contributed by atoms with E-state index < -0.39 is 26.9 Å². The Balaban J connectivity index is 0.00000182. The molecule has 1 aliphatic rings. The van der Waals surface area contributed by atoms with Gasteiger partial charge in [0.1, 0.15) is 0 Å². The van der Waals surface area contributed by atoms with E-state index in [1.807, 2.05) is 18.2 Å². The molecule has 0 saturated carbocycles. The smallest absolute Gasteiger partial charge is 1.00 e. The van der Waals surface area contributed by atoms with Crippen LogP contribution in [-0.4, -0.2) is 11.9 Å². The Morgan fingerprint density at radius 1 is 1.04 bits per heavy atom. The van der Waals surface area contributed by atoms with Crippen LogP contribution >= 0.6 is 0 Å². The molecular weight excluding hydrogens is 560 g/mol. The number of hydrogen-bond donors (Lipinski definition) is 1. The Morgan fingerprint density at radius 2 is 1.67 bits per heavy atom. The van der Waals surface area contributed by atoms with E-state index in [-0.39, 0.29) is 30.7 Å². The zero-order chi connectivity index (χ0) is 18.0. The second-order valence-corrected chi connectivity index (χ2v) is 33.5. The molecule has 143 valence electrons. The number of fused-ring (bicyclic) bond motifs is 1. The van der Waals surface area contributed by atoms with Gasteiger partial charge in [-0.3, -0.25) is 0 Å². The van der Waals surface area contributed by atoms with Gasteiger partial charge in [0.2, 0.25) is 0 Å². The van der Waals surface area contributed by atoms with E-state index in [0.29, 0.717) is 9.59 Å². The second-order valence-electron chi connectivity index (χ2n) is 7.27. The van der Waals surface area contributed by atoms with E-state index in [1.165, 1.54) is 11.1 Å². The van der Waals surface area contributed by atoms with Crippen molar-refractivity contribution < 1.29 is 50.5 Å². The third-order valence-electron chi connectivity index (χ3n) is 4.84. The number of hydrogen-bond acceptors (Lipinski definition) is 1. The minimum absolute atomic E-state index is 0. The molecule has 2 nitrogen and oxygen atoms in total. The van der Waals surface area contributed by atoms with Crippen LogP contribution in [0.3, 0.4) is 0 Å². The van der Waals surface area contributed by atoms with Crippen LogP contribution in [-0.2, 0) is 20.9 Å². The topological polar surface area (TPSA) is 29.1 Å². The van der Waals surface area contributed by atoms with Crippen LogP contribution in [0.2, 0.25) is 13.1 Å². The second kappa shape index (κ2) is 10.8. The number of halogens is 2. The van der Waals surface area contributed by atoms with Crippen LogP contribution in [0.15, 0.2) is 54.6 Å². The van der Waals surface area contributed by atoms with Gasteiger partial charge < -0.3 is 24.8 Å². The molecule has 1 amide bonds. The van der Waals surface area contributed by atoms with Gasteiger partial charge in [-0.05, 0) is 0 Å². The molecule has 0 aromatic heterocycles. The molecule has 1 aliphatic carbocycles. The van der Waals surface area contributed by atoms with Crippen molar-refractivity contribution in [1.82, 2.24) is 3.30 Å².